The molecule has 3 heterocycles. The standard InChI is InChI=1S/C19H20N4O4S2/c24-18(21-12-14-5-1-2-8-20-14)13-23-16-7-6-15(11-17(16)28-19(23)25)29(26,27)22-9-3-4-10-22/h1-2,5-8,11H,3-4,9-10,12-13H2,(H,21,24). The summed E-state index contributed by atoms with van der Waals surface area (Å²) in [7, 11) is -3.55. The van der Waals surface area contributed by atoms with Gasteiger partial charge in [0.25, 0.3) is 0 Å². The highest BCUT2D eigenvalue weighted by Gasteiger charge is 2.27. The number of hydrogen-bond donors (Lipinski definition) is 1. The fraction of sp³-hybridized carbons (Fsp3) is 0.316. The van der Waals surface area contributed by atoms with E-state index in [4.69, 9.17) is 0 Å². The van der Waals surface area contributed by atoms with Crippen molar-refractivity contribution in [1.29, 1.82) is 0 Å². The Morgan fingerprint density at radius 3 is 2.69 bits per heavy atom. The first-order valence-electron chi connectivity index (χ1n) is 9.25. The van der Waals surface area contributed by atoms with Gasteiger partial charge in [0.2, 0.25) is 15.9 Å². The maximum atomic E-state index is 12.7. The van der Waals surface area contributed by atoms with Crippen LogP contribution in [-0.4, -0.2) is 41.3 Å². The van der Waals surface area contributed by atoms with Crippen LogP contribution >= 0.6 is 11.3 Å². The summed E-state index contributed by atoms with van der Waals surface area (Å²) in [5.41, 5.74) is 1.27. The van der Waals surface area contributed by atoms with Gasteiger partial charge in [-0.2, -0.15) is 4.31 Å². The zero-order valence-corrected chi connectivity index (χ0v) is 17.2. The Kier molecular flexibility index (Phi) is 5.48. The summed E-state index contributed by atoms with van der Waals surface area (Å²) < 4.78 is 28.9. The third-order valence-corrected chi connectivity index (χ3v) is 7.67. The number of carbonyl (C=O) groups is 1. The van der Waals surface area contributed by atoms with Crippen LogP contribution in [0.3, 0.4) is 0 Å². The number of benzene rings is 1. The zero-order valence-electron chi connectivity index (χ0n) is 15.6. The largest absolute Gasteiger partial charge is 0.349 e. The topological polar surface area (TPSA) is 101 Å². The van der Waals surface area contributed by atoms with Crippen LogP contribution in [0.2, 0.25) is 0 Å². The highest BCUT2D eigenvalue weighted by molar-refractivity contribution is 7.89. The van der Waals surface area contributed by atoms with Crippen molar-refractivity contribution in [2.24, 2.45) is 0 Å². The van der Waals surface area contributed by atoms with E-state index in [1.54, 1.807) is 24.4 Å². The molecule has 10 heteroatoms. The van der Waals surface area contributed by atoms with Gasteiger partial charge in [0.15, 0.2) is 0 Å². The van der Waals surface area contributed by atoms with E-state index < -0.39 is 10.0 Å². The van der Waals surface area contributed by atoms with E-state index in [0.29, 0.717) is 23.3 Å². The maximum absolute atomic E-state index is 12.7. The van der Waals surface area contributed by atoms with Crippen molar-refractivity contribution in [1.82, 2.24) is 19.2 Å². The first-order valence-corrected chi connectivity index (χ1v) is 11.5. The van der Waals surface area contributed by atoms with Gasteiger partial charge in [0, 0.05) is 19.3 Å². The Bertz CT molecular complexity index is 1200. The molecule has 0 aliphatic carbocycles. The molecule has 1 saturated heterocycles. The van der Waals surface area contributed by atoms with Crippen LogP contribution in [0.5, 0.6) is 0 Å². The minimum absolute atomic E-state index is 0.135. The second kappa shape index (κ2) is 8.05. The zero-order chi connectivity index (χ0) is 20.4. The Morgan fingerprint density at radius 2 is 1.97 bits per heavy atom. The third kappa shape index (κ3) is 4.09. The smallest absolute Gasteiger partial charge is 0.308 e. The SMILES string of the molecule is O=C(Cn1c(=O)sc2cc(S(=O)(=O)N3CCCC3)ccc21)NCc1ccccn1. The molecule has 152 valence electrons. The van der Waals surface area contributed by atoms with E-state index in [2.05, 4.69) is 10.3 Å². The summed E-state index contributed by atoms with van der Waals surface area (Å²) in [5, 5.41) is 2.74. The van der Waals surface area contributed by atoms with E-state index in [9.17, 15) is 18.0 Å². The first-order chi connectivity index (χ1) is 13.9. The molecule has 0 radical (unpaired) electrons. The summed E-state index contributed by atoms with van der Waals surface area (Å²) in [6.07, 6.45) is 3.36. The fourth-order valence-corrected chi connectivity index (χ4v) is 5.87. The predicted molar refractivity (Wildman–Crippen MR) is 110 cm³/mol. The van der Waals surface area contributed by atoms with Crippen molar-refractivity contribution in [3.63, 3.8) is 0 Å². The number of fused-ring (bicyclic) bond motifs is 1. The molecule has 1 fully saturated rings. The van der Waals surface area contributed by atoms with Gasteiger partial charge in [-0.3, -0.25) is 19.1 Å². The molecule has 1 amide bonds. The minimum atomic E-state index is -3.55. The molecule has 0 bridgehead atoms. The second-order valence-electron chi connectivity index (χ2n) is 6.79. The lowest BCUT2D eigenvalue weighted by Gasteiger charge is -2.15. The Balaban J connectivity index is 1.54. The predicted octanol–water partition coefficient (Wildman–Crippen LogP) is 1.56. The second-order valence-corrected chi connectivity index (χ2v) is 9.72. The summed E-state index contributed by atoms with van der Waals surface area (Å²) in [6, 6.07) is 10.1. The van der Waals surface area contributed by atoms with Crippen molar-refractivity contribution in [3.05, 3.63) is 58.0 Å². The van der Waals surface area contributed by atoms with E-state index in [1.807, 2.05) is 6.07 Å². The van der Waals surface area contributed by atoms with Gasteiger partial charge in [0.05, 0.1) is 27.4 Å². The molecule has 0 saturated carbocycles. The van der Waals surface area contributed by atoms with E-state index in [-0.39, 0.29) is 28.8 Å². The molecule has 0 atom stereocenters. The number of aromatic nitrogens is 2. The molecule has 1 aromatic carbocycles. The molecular formula is C19H20N4O4S2. The van der Waals surface area contributed by atoms with E-state index in [0.717, 1.165) is 29.9 Å². The van der Waals surface area contributed by atoms with E-state index >= 15 is 0 Å². The molecular weight excluding hydrogens is 412 g/mol. The third-order valence-electron chi connectivity index (χ3n) is 4.84. The minimum Gasteiger partial charge on any atom is -0.349 e. The lowest BCUT2D eigenvalue weighted by molar-refractivity contribution is -0.121. The molecule has 29 heavy (non-hydrogen) atoms. The van der Waals surface area contributed by atoms with E-state index in [1.165, 1.54) is 21.0 Å². The van der Waals surface area contributed by atoms with Crippen molar-refractivity contribution in [2.75, 3.05) is 13.1 Å². The molecule has 3 aromatic rings. The van der Waals surface area contributed by atoms with Crippen molar-refractivity contribution in [3.8, 4) is 0 Å². The first kappa shape index (κ1) is 19.7. The van der Waals surface area contributed by atoms with Gasteiger partial charge in [-0.1, -0.05) is 17.4 Å². The summed E-state index contributed by atoms with van der Waals surface area (Å²) in [5.74, 6) is -0.314. The number of rotatable bonds is 6. The molecule has 2 aromatic heterocycles. The average molecular weight is 433 g/mol. The molecule has 1 N–H and O–H groups in total. The monoisotopic (exact) mass is 432 g/mol. The number of nitrogens with one attached hydrogen (secondary N) is 1. The lowest BCUT2D eigenvalue weighted by atomic mass is 10.3. The molecule has 0 spiro atoms. The van der Waals surface area contributed by atoms with Gasteiger partial charge in [-0.05, 0) is 43.2 Å². The molecule has 4 rings (SSSR count). The van der Waals surface area contributed by atoms with Crippen LogP contribution in [0, 0.1) is 0 Å². The highest BCUT2D eigenvalue weighted by Crippen LogP contribution is 2.26. The Hall–Kier alpha value is -2.56. The molecule has 1 aliphatic rings. The number of sulfonamides is 1. The van der Waals surface area contributed by atoms with Gasteiger partial charge in [-0.25, -0.2) is 8.42 Å². The number of amides is 1. The Morgan fingerprint density at radius 1 is 1.17 bits per heavy atom. The molecule has 0 unspecified atom stereocenters. The number of hydrogen-bond acceptors (Lipinski definition) is 6. The normalized spacial score (nSPS) is 15.0. The van der Waals surface area contributed by atoms with Crippen LogP contribution in [-0.2, 0) is 27.9 Å². The quantitative estimate of drug-likeness (QED) is 0.637. The van der Waals surface area contributed by atoms with Crippen molar-refractivity contribution < 1.29 is 13.2 Å². The van der Waals surface area contributed by atoms with Crippen LogP contribution in [0.25, 0.3) is 10.2 Å². The summed E-state index contributed by atoms with van der Waals surface area (Å²) in [6.45, 7) is 1.18. The molecule has 8 nitrogen and oxygen atoms in total. The number of thiazole rings is 1. The lowest BCUT2D eigenvalue weighted by Crippen LogP contribution is -2.30. The van der Waals surface area contributed by atoms with Gasteiger partial charge in [0.1, 0.15) is 6.54 Å². The maximum Gasteiger partial charge on any atom is 0.308 e. The van der Waals surface area contributed by atoms with Crippen LogP contribution in [0.1, 0.15) is 18.5 Å². The Labute approximate surface area is 171 Å². The number of pyridine rings is 1. The van der Waals surface area contributed by atoms with Crippen LogP contribution in [0.15, 0.2) is 52.3 Å². The summed E-state index contributed by atoms with van der Waals surface area (Å²) >= 11 is 0.940. The van der Waals surface area contributed by atoms with Crippen LogP contribution in [0.4, 0.5) is 0 Å². The number of carbonyl (C=O) groups excluding carboxylic acids is 1. The van der Waals surface area contributed by atoms with Crippen LogP contribution < -0.4 is 10.2 Å². The van der Waals surface area contributed by atoms with Crippen molar-refractivity contribution >= 4 is 37.5 Å². The molecule has 1 aliphatic heterocycles. The fourth-order valence-electron chi connectivity index (χ4n) is 3.33. The van der Waals surface area contributed by atoms with Gasteiger partial charge in [-0.15, -0.1) is 0 Å². The van der Waals surface area contributed by atoms with Crippen molar-refractivity contribution in [2.45, 2.75) is 30.8 Å². The van der Waals surface area contributed by atoms with Gasteiger partial charge >= 0.3 is 4.87 Å². The average Bonchev–Trinajstić information content (AvgIpc) is 3.36. The van der Waals surface area contributed by atoms with Gasteiger partial charge < -0.3 is 5.32 Å². The highest BCUT2D eigenvalue weighted by atomic mass is 32.2. The number of nitrogens with zero attached hydrogens (tertiary/aromatic N) is 3. The summed E-state index contributed by atoms with van der Waals surface area (Å²) in [4.78, 5) is 28.7.